The standard InChI is InChI=1S/C12H10N2O5/c15-10(14-18-7-12(16)17)5-6-11-13-8-3-1-2-4-9(8)19-11/h1-6H,7H2,(H,14,15)(H,16,17). The molecular weight excluding hydrogens is 252 g/mol. The van der Waals surface area contributed by atoms with Crippen LogP contribution in [-0.2, 0) is 14.4 Å². The van der Waals surface area contributed by atoms with Crippen LogP contribution in [0.2, 0.25) is 0 Å². The Labute approximate surface area is 107 Å². The quantitative estimate of drug-likeness (QED) is 0.615. The van der Waals surface area contributed by atoms with E-state index in [9.17, 15) is 9.59 Å². The van der Waals surface area contributed by atoms with E-state index in [1.54, 1.807) is 12.1 Å². The fourth-order valence-corrected chi connectivity index (χ4v) is 1.31. The number of fused-ring (bicyclic) bond motifs is 1. The minimum Gasteiger partial charge on any atom is -0.479 e. The average molecular weight is 262 g/mol. The smallest absolute Gasteiger partial charge is 0.332 e. The molecule has 0 saturated carbocycles. The molecule has 7 heteroatoms. The minimum absolute atomic E-state index is 0.273. The molecule has 1 aromatic carbocycles. The van der Waals surface area contributed by atoms with Crippen LogP contribution in [0.4, 0.5) is 0 Å². The predicted molar refractivity (Wildman–Crippen MR) is 64.8 cm³/mol. The van der Waals surface area contributed by atoms with E-state index in [-0.39, 0.29) is 5.89 Å². The Balaban J connectivity index is 1.94. The lowest BCUT2D eigenvalue weighted by Gasteiger charge is -1.98. The van der Waals surface area contributed by atoms with Gasteiger partial charge in [-0.2, -0.15) is 0 Å². The molecule has 1 heterocycles. The summed E-state index contributed by atoms with van der Waals surface area (Å²) in [5, 5.41) is 8.30. The van der Waals surface area contributed by atoms with Crippen LogP contribution in [-0.4, -0.2) is 28.6 Å². The Morgan fingerprint density at radius 2 is 2.21 bits per heavy atom. The van der Waals surface area contributed by atoms with Gasteiger partial charge in [-0.25, -0.2) is 15.3 Å². The Kier molecular flexibility index (Phi) is 3.89. The van der Waals surface area contributed by atoms with E-state index < -0.39 is 18.5 Å². The van der Waals surface area contributed by atoms with Gasteiger partial charge in [0.25, 0.3) is 5.91 Å². The highest BCUT2D eigenvalue weighted by Crippen LogP contribution is 2.15. The number of nitrogens with one attached hydrogen (secondary N) is 1. The van der Waals surface area contributed by atoms with Gasteiger partial charge in [-0.15, -0.1) is 0 Å². The minimum atomic E-state index is -1.18. The second-order valence-corrected chi connectivity index (χ2v) is 3.50. The largest absolute Gasteiger partial charge is 0.479 e. The molecule has 0 radical (unpaired) electrons. The third-order valence-electron chi connectivity index (χ3n) is 2.06. The van der Waals surface area contributed by atoms with Gasteiger partial charge in [0.15, 0.2) is 12.2 Å². The van der Waals surface area contributed by atoms with Crippen LogP contribution in [0, 0.1) is 0 Å². The van der Waals surface area contributed by atoms with Crippen molar-refractivity contribution in [2.75, 3.05) is 6.61 Å². The number of carboxylic acid groups (broad SMARTS) is 1. The van der Waals surface area contributed by atoms with Crippen LogP contribution in [0.3, 0.4) is 0 Å². The summed E-state index contributed by atoms with van der Waals surface area (Å²) in [6.45, 7) is -0.609. The predicted octanol–water partition coefficient (Wildman–Crippen LogP) is 0.973. The molecule has 0 atom stereocenters. The lowest BCUT2D eigenvalue weighted by atomic mass is 10.3. The van der Waals surface area contributed by atoms with Gasteiger partial charge in [-0.3, -0.25) is 9.63 Å². The number of aromatic nitrogens is 1. The number of benzene rings is 1. The number of oxazole rings is 1. The van der Waals surface area contributed by atoms with Gasteiger partial charge in [-0.1, -0.05) is 12.1 Å². The molecule has 2 N–H and O–H groups in total. The number of amides is 1. The molecule has 1 amide bonds. The number of nitrogens with zero attached hydrogens (tertiary/aromatic N) is 1. The monoisotopic (exact) mass is 262 g/mol. The molecule has 7 nitrogen and oxygen atoms in total. The van der Waals surface area contributed by atoms with Gasteiger partial charge in [0.05, 0.1) is 0 Å². The van der Waals surface area contributed by atoms with E-state index in [4.69, 9.17) is 9.52 Å². The Morgan fingerprint density at radius 3 is 2.95 bits per heavy atom. The summed E-state index contributed by atoms with van der Waals surface area (Å²) in [6, 6.07) is 7.18. The van der Waals surface area contributed by atoms with Crippen molar-refractivity contribution in [3.05, 3.63) is 36.2 Å². The van der Waals surface area contributed by atoms with Gasteiger partial charge in [0, 0.05) is 12.2 Å². The van der Waals surface area contributed by atoms with Gasteiger partial charge < -0.3 is 9.52 Å². The van der Waals surface area contributed by atoms with Crippen molar-refractivity contribution >= 4 is 29.1 Å². The first-order valence-corrected chi connectivity index (χ1v) is 5.32. The molecule has 19 heavy (non-hydrogen) atoms. The van der Waals surface area contributed by atoms with E-state index in [1.165, 1.54) is 6.08 Å². The summed E-state index contributed by atoms with van der Waals surface area (Å²) < 4.78 is 5.35. The Hall–Kier alpha value is -2.67. The second-order valence-electron chi connectivity index (χ2n) is 3.50. The maximum absolute atomic E-state index is 11.2. The molecule has 0 fully saturated rings. The Morgan fingerprint density at radius 1 is 1.42 bits per heavy atom. The molecule has 0 unspecified atom stereocenters. The van der Waals surface area contributed by atoms with Crippen molar-refractivity contribution in [3.8, 4) is 0 Å². The third-order valence-corrected chi connectivity index (χ3v) is 2.06. The summed E-state index contributed by atoms with van der Waals surface area (Å²) in [7, 11) is 0. The van der Waals surface area contributed by atoms with Gasteiger partial charge in [-0.05, 0) is 12.1 Å². The van der Waals surface area contributed by atoms with Crippen molar-refractivity contribution in [1.29, 1.82) is 0 Å². The molecular formula is C12H10N2O5. The number of hydrogen-bond acceptors (Lipinski definition) is 5. The summed E-state index contributed by atoms with van der Waals surface area (Å²) in [5.41, 5.74) is 3.24. The number of para-hydroxylation sites is 2. The molecule has 2 rings (SSSR count). The molecule has 2 aromatic rings. The number of aliphatic carboxylic acids is 1. The van der Waals surface area contributed by atoms with Crippen LogP contribution in [0.1, 0.15) is 5.89 Å². The first-order chi connectivity index (χ1) is 9.15. The van der Waals surface area contributed by atoms with E-state index >= 15 is 0 Å². The lowest BCUT2D eigenvalue weighted by Crippen LogP contribution is -2.24. The van der Waals surface area contributed by atoms with Crippen LogP contribution < -0.4 is 5.48 Å². The van der Waals surface area contributed by atoms with Crippen LogP contribution in [0.15, 0.2) is 34.8 Å². The lowest BCUT2D eigenvalue weighted by molar-refractivity contribution is -0.147. The van der Waals surface area contributed by atoms with E-state index in [0.717, 1.165) is 6.08 Å². The van der Waals surface area contributed by atoms with Crippen molar-refractivity contribution in [2.24, 2.45) is 0 Å². The molecule has 0 bridgehead atoms. The number of carboxylic acids is 1. The molecule has 1 aromatic heterocycles. The molecule has 0 spiro atoms. The van der Waals surface area contributed by atoms with Crippen molar-refractivity contribution in [2.45, 2.75) is 0 Å². The van der Waals surface area contributed by atoms with Gasteiger partial charge >= 0.3 is 5.97 Å². The normalized spacial score (nSPS) is 10.9. The molecule has 0 aliphatic carbocycles. The van der Waals surface area contributed by atoms with E-state index in [0.29, 0.717) is 11.1 Å². The second kappa shape index (κ2) is 5.78. The number of carbonyl (C=O) groups excluding carboxylic acids is 1. The van der Waals surface area contributed by atoms with Crippen molar-refractivity contribution in [1.82, 2.24) is 10.5 Å². The van der Waals surface area contributed by atoms with E-state index in [1.807, 2.05) is 17.6 Å². The third kappa shape index (κ3) is 3.65. The number of hydroxylamine groups is 1. The summed E-state index contributed by atoms with van der Waals surface area (Å²) in [4.78, 5) is 29.9. The highest BCUT2D eigenvalue weighted by molar-refractivity contribution is 5.90. The number of rotatable bonds is 5. The van der Waals surface area contributed by atoms with Crippen molar-refractivity contribution in [3.63, 3.8) is 0 Å². The zero-order chi connectivity index (χ0) is 13.7. The highest BCUT2D eigenvalue weighted by Gasteiger charge is 2.03. The fraction of sp³-hybridized carbons (Fsp3) is 0.0833. The SMILES string of the molecule is O=C(O)CONC(=O)C=Cc1nc2ccccc2o1. The first kappa shape index (κ1) is 12.8. The zero-order valence-corrected chi connectivity index (χ0v) is 9.70. The highest BCUT2D eigenvalue weighted by atomic mass is 16.7. The Bertz CT molecular complexity index is 599. The molecule has 0 aliphatic heterocycles. The van der Waals surface area contributed by atoms with E-state index in [2.05, 4.69) is 9.82 Å². The zero-order valence-electron chi connectivity index (χ0n) is 9.70. The van der Waals surface area contributed by atoms with Crippen molar-refractivity contribution < 1.29 is 24.0 Å². The average Bonchev–Trinajstić information content (AvgIpc) is 2.78. The maximum Gasteiger partial charge on any atom is 0.332 e. The molecule has 0 aliphatic rings. The van der Waals surface area contributed by atoms with Crippen LogP contribution in [0.25, 0.3) is 17.2 Å². The van der Waals surface area contributed by atoms with Gasteiger partial charge in [0.1, 0.15) is 5.52 Å². The number of carbonyl (C=O) groups is 2. The topological polar surface area (TPSA) is 102 Å². The van der Waals surface area contributed by atoms with Crippen LogP contribution >= 0.6 is 0 Å². The first-order valence-electron chi connectivity index (χ1n) is 5.32. The van der Waals surface area contributed by atoms with Crippen LogP contribution in [0.5, 0.6) is 0 Å². The summed E-state index contributed by atoms with van der Waals surface area (Å²) in [5.74, 6) is -1.51. The molecule has 98 valence electrons. The number of hydrogen-bond donors (Lipinski definition) is 2. The molecule has 0 saturated heterocycles. The summed E-state index contributed by atoms with van der Waals surface area (Å²) >= 11 is 0. The maximum atomic E-state index is 11.2. The van der Waals surface area contributed by atoms with Gasteiger partial charge in [0.2, 0.25) is 5.89 Å². The summed E-state index contributed by atoms with van der Waals surface area (Å²) in [6.07, 6.45) is 2.49. The fourth-order valence-electron chi connectivity index (χ4n) is 1.31.